The standard InChI is InChI=1S/C14H20O/c1-2-11(10-15)14-8-7-12-5-3-4-6-13(12)9-14/h7-9,11,15H,2-6,10H2,1H3. The summed E-state index contributed by atoms with van der Waals surface area (Å²) in [6.45, 7) is 2.41. The molecule has 1 aromatic carbocycles. The van der Waals surface area contributed by atoms with Crippen LogP contribution < -0.4 is 0 Å². The van der Waals surface area contributed by atoms with Gasteiger partial charge in [0, 0.05) is 12.5 Å². The molecular weight excluding hydrogens is 184 g/mol. The van der Waals surface area contributed by atoms with E-state index in [9.17, 15) is 5.11 Å². The van der Waals surface area contributed by atoms with Crippen molar-refractivity contribution in [3.63, 3.8) is 0 Å². The molecule has 0 heterocycles. The minimum absolute atomic E-state index is 0.273. The van der Waals surface area contributed by atoms with E-state index in [-0.39, 0.29) is 6.61 Å². The molecule has 1 aliphatic carbocycles. The number of aliphatic hydroxyl groups excluding tert-OH is 1. The Kier molecular flexibility index (Phi) is 3.42. The number of fused-ring (bicyclic) bond motifs is 1. The molecule has 0 aliphatic heterocycles. The molecule has 0 saturated carbocycles. The molecule has 1 unspecified atom stereocenters. The Morgan fingerprint density at radius 1 is 1.20 bits per heavy atom. The van der Waals surface area contributed by atoms with E-state index in [1.807, 2.05) is 0 Å². The molecule has 0 amide bonds. The third-order valence-corrected chi connectivity index (χ3v) is 3.56. The van der Waals surface area contributed by atoms with Crippen LogP contribution in [0, 0.1) is 0 Å². The highest BCUT2D eigenvalue weighted by Crippen LogP contribution is 2.26. The summed E-state index contributed by atoms with van der Waals surface area (Å²) in [6.07, 6.45) is 6.15. The number of benzene rings is 1. The number of hydrogen-bond acceptors (Lipinski definition) is 1. The molecule has 0 aromatic heterocycles. The minimum atomic E-state index is 0.273. The summed E-state index contributed by atoms with van der Waals surface area (Å²) >= 11 is 0. The second-order valence-corrected chi connectivity index (χ2v) is 4.52. The van der Waals surface area contributed by atoms with Crippen LogP contribution in [0.5, 0.6) is 0 Å². The minimum Gasteiger partial charge on any atom is -0.396 e. The summed E-state index contributed by atoms with van der Waals surface area (Å²) in [6, 6.07) is 6.79. The van der Waals surface area contributed by atoms with Gasteiger partial charge < -0.3 is 5.11 Å². The first-order chi connectivity index (χ1) is 7.35. The maximum Gasteiger partial charge on any atom is 0.0499 e. The monoisotopic (exact) mass is 204 g/mol. The van der Waals surface area contributed by atoms with E-state index >= 15 is 0 Å². The lowest BCUT2D eigenvalue weighted by atomic mass is 9.87. The second kappa shape index (κ2) is 4.80. The zero-order valence-electron chi connectivity index (χ0n) is 9.50. The predicted octanol–water partition coefficient (Wildman–Crippen LogP) is 3.05. The number of hydrogen-bond donors (Lipinski definition) is 1. The Morgan fingerprint density at radius 2 is 1.93 bits per heavy atom. The van der Waals surface area contributed by atoms with Gasteiger partial charge >= 0.3 is 0 Å². The molecule has 1 nitrogen and oxygen atoms in total. The number of rotatable bonds is 3. The Morgan fingerprint density at radius 3 is 2.60 bits per heavy atom. The Balaban J connectivity index is 2.27. The van der Waals surface area contributed by atoms with Crippen LogP contribution in [0.2, 0.25) is 0 Å². The molecule has 2 rings (SSSR count). The first kappa shape index (κ1) is 10.7. The predicted molar refractivity (Wildman–Crippen MR) is 63.2 cm³/mol. The van der Waals surface area contributed by atoms with Crippen LogP contribution >= 0.6 is 0 Å². The molecule has 1 aliphatic rings. The van der Waals surface area contributed by atoms with Gasteiger partial charge in [-0.25, -0.2) is 0 Å². The van der Waals surface area contributed by atoms with Crippen LogP contribution in [0.15, 0.2) is 18.2 Å². The van der Waals surface area contributed by atoms with Gasteiger partial charge in [0.25, 0.3) is 0 Å². The molecular formula is C14H20O. The highest BCUT2D eigenvalue weighted by atomic mass is 16.3. The Hall–Kier alpha value is -0.820. The van der Waals surface area contributed by atoms with Crippen molar-refractivity contribution in [3.05, 3.63) is 34.9 Å². The molecule has 0 radical (unpaired) electrons. The molecule has 0 spiro atoms. The fourth-order valence-electron chi connectivity index (χ4n) is 2.48. The topological polar surface area (TPSA) is 20.2 Å². The molecule has 82 valence electrons. The summed E-state index contributed by atoms with van der Waals surface area (Å²) in [7, 11) is 0. The van der Waals surface area contributed by atoms with Gasteiger partial charge in [0.15, 0.2) is 0 Å². The number of aryl methyl sites for hydroxylation is 2. The van der Waals surface area contributed by atoms with Crippen molar-refractivity contribution in [3.8, 4) is 0 Å². The van der Waals surface area contributed by atoms with Crippen LogP contribution in [-0.2, 0) is 12.8 Å². The van der Waals surface area contributed by atoms with Gasteiger partial charge in [-0.1, -0.05) is 25.1 Å². The molecule has 15 heavy (non-hydrogen) atoms. The van der Waals surface area contributed by atoms with Crippen LogP contribution in [0.4, 0.5) is 0 Å². The van der Waals surface area contributed by atoms with Crippen molar-refractivity contribution in [2.75, 3.05) is 6.61 Å². The van der Waals surface area contributed by atoms with Crippen molar-refractivity contribution >= 4 is 0 Å². The zero-order valence-corrected chi connectivity index (χ0v) is 9.50. The molecule has 1 heteroatoms. The summed E-state index contributed by atoms with van der Waals surface area (Å²) in [5.74, 6) is 0.331. The van der Waals surface area contributed by atoms with Gasteiger partial charge in [0.05, 0.1) is 0 Å². The third-order valence-electron chi connectivity index (χ3n) is 3.56. The smallest absolute Gasteiger partial charge is 0.0499 e. The number of aliphatic hydroxyl groups is 1. The van der Waals surface area contributed by atoms with Crippen LogP contribution in [-0.4, -0.2) is 11.7 Å². The summed E-state index contributed by atoms with van der Waals surface area (Å²) in [4.78, 5) is 0. The van der Waals surface area contributed by atoms with Crippen molar-refractivity contribution in [2.45, 2.75) is 44.9 Å². The zero-order chi connectivity index (χ0) is 10.7. The van der Waals surface area contributed by atoms with Crippen molar-refractivity contribution in [2.24, 2.45) is 0 Å². The van der Waals surface area contributed by atoms with Crippen molar-refractivity contribution in [1.29, 1.82) is 0 Å². The van der Waals surface area contributed by atoms with E-state index in [2.05, 4.69) is 25.1 Å². The summed E-state index contributed by atoms with van der Waals surface area (Å²) < 4.78 is 0. The lowest BCUT2D eigenvalue weighted by molar-refractivity contribution is 0.262. The van der Waals surface area contributed by atoms with Gasteiger partial charge in [-0.2, -0.15) is 0 Å². The Labute approximate surface area is 92.1 Å². The lowest BCUT2D eigenvalue weighted by Gasteiger charge is -2.19. The second-order valence-electron chi connectivity index (χ2n) is 4.52. The van der Waals surface area contributed by atoms with Crippen LogP contribution in [0.1, 0.15) is 48.8 Å². The molecule has 0 fully saturated rings. The largest absolute Gasteiger partial charge is 0.396 e. The molecule has 1 N–H and O–H groups in total. The van der Waals surface area contributed by atoms with E-state index in [0.29, 0.717) is 5.92 Å². The summed E-state index contributed by atoms with van der Waals surface area (Å²) in [5.41, 5.74) is 4.36. The van der Waals surface area contributed by atoms with E-state index in [0.717, 1.165) is 6.42 Å². The maximum atomic E-state index is 9.28. The highest BCUT2D eigenvalue weighted by molar-refractivity contribution is 5.35. The van der Waals surface area contributed by atoms with Gasteiger partial charge in [-0.05, 0) is 48.8 Å². The van der Waals surface area contributed by atoms with Crippen LogP contribution in [0.25, 0.3) is 0 Å². The molecule has 1 aromatic rings. The van der Waals surface area contributed by atoms with Gasteiger partial charge in [-0.15, -0.1) is 0 Å². The van der Waals surface area contributed by atoms with E-state index < -0.39 is 0 Å². The average Bonchev–Trinajstić information content (AvgIpc) is 2.30. The molecule has 0 bridgehead atoms. The first-order valence-corrected chi connectivity index (χ1v) is 6.07. The fourth-order valence-corrected chi connectivity index (χ4v) is 2.48. The van der Waals surface area contributed by atoms with E-state index in [4.69, 9.17) is 0 Å². The summed E-state index contributed by atoms with van der Waals surface area (Å²) in [5, 5.41) is 9.28. The van der Waals surface area contributed by atoms with Gasteiger partial charge in [-0.3, -0.25) is 0 Å². The van der Waals surface area contributed by atoms with E-state index in [1.54, 1.807) is 0 Å². The van der Waals surface area contributed by atoms with Crippen LogP contribution in [0.3, 0.4) is 0 Å². The molecule has 0 saturated heterocycles. The highest BCUT2D eigenvalue weighted by Gasteiger charge is 2.13. The van der Waals surface area contributed by atoms with E-state index in [1.165, 1.54) is 42.4 Å². The lowest BCUT2D eigenvalue weighted by Crippen LogP contribution is -2.07. The third kappa shape index (κ3) is 2.23. The quantitative estimate of drug-likeness (QED) is 0.802. The van der Waals surface area contributed by atoms with Gasteiger partial charge in [0.1, 0.15) is 0 Å². The fraction of sp³-hybridized carbons (Fsp3) is 0.571. The average molecular weight is 204 g/mol. The normalized spacial score (nSPS) is 17.2. The van der Waals surface area contributed by atoms with Crippen molar-refractivity contribution in [1.82, 2.24) is 0 Å². The first-order valence-electron chi connectivity index (χ1n) is 6.07. The van der Waals surface area contributed by atoms with Gasteiger partial charge in [0.2, 0.25) is 0 Å². The Bertz CT molecular complexity index is 326. The molecule has 1 atom stereocenters. The SMILES string of the molecule is CCC(CO)c1ccc2c(c1)CCCC2. The maximum absolute atomic E-state index is 9.28. The van der Waals surface area contributed by atoms with Crippen molar-refractivity contribution < 1.29 is 5.11 Å².